The fourth-order valence-corrected chi connectivity index (χ4v) is 3.89. The highest BCUT2D eigenvalue weighted by Gasteiger charge is 2.34. The number of likely N-dealkylation sites (tertiary alicyclic amines) is 1. The topological polar surface area (TPSA) is 64.1 Å². The number of benzene rings is 1. The molecule has 6 nitrogen and oxygen atoms in total. The van der Waals surface area contributed by atoms with Crippen LogP contribution in [0.2, 0.25) is 5.02 Å². The van der Waals surface area contributed by atoms with Crippen LogP contribution in [0.25, 0.3) is 0 Å². The van der Waals surface area contributed by atoms with Crippen LogP contribution in [0, 0.1) is 0 Å². The monoisotopic (exact) mass is 365 g/mol. The average molecular weight is 366 g/mol. The molecule has 1 aromatic rings. The Labute approximate surface area is 152 Å². The van der Waals surface area contributed by atoms with Crippen LogP contribution in [-0.4, -0.2) is 72.1 Å². The molecule has 0 spiro atoms. The number of rotatable bonds is 4. The molecule has 0 aromatic heterocycles. The van der Waals surface area contributed by atoms with Gasteiger partial charge in [0.15, 0.2) is 0 Å². The van der Waals surface area contributed by atoms with E-state index in [2.05, 4.69) is 9.80 Å². The van der Waals surface area contributed by atoms with Crippen molar-refractivity contribution >= 4 is 29.2 Å². The van der Waals surface area contributed by atoms with Crippen molar-refractivity contribution in [3.63, 3.8) is 0 Å². The lowest BCUT2D eigenvalue weighted by molar-refractivity contribution is -0.146. The lowest BCUT2D eigenvalue weighted by Crippen LogP contribution is -2.55. The fraction of sp³-hybridized carbons (Fsp3) is 0.556. The molecule has 3 rings (SSSR count). The number of carbonyl (C=O) groups excluding carboxylic acids is 1. The van der Waals surface area contributed by atoms with Crippen LogP contribution in [0.15, 0.2) is 24.3 Å². The maximum absolute atomic E-state index is 12.8. The Morgan fingerprint density at radius 2 is 1.92 bits per heavy atom. The van der Waals surface area contributed by atoms with E-state index in [-0.39, 0.29) is 18.5 Å². The molecule has 136 valence electrons. The van der Waals surface area contributed by atoms with Crippen LogP contribution in [0.1, 0.15) is 19.3 Å². The molecule has 2 saturated heterocycles. The zero-order chi connectivity index (χ0) is 17.8. The fourth-order valence-electron chi connectivity index (χ4n) is 3.71. The first-order valence-corrected chi connectivity index (χ1v) is 9.17. The molecular weight excluding hydrogens is 342 g/mol. The van der Waals surface area contributed by atoms with Crippen LogP contribution >= 0.6 is 11.6 Å². The second-order valence-electron chi connectivity index (χ2n) is 6.67. The van der Waals surface area contributed by atoms with E-state index < -0.39 is 5.97 Å². The number of amides is 1. The first-order valence-electron chi connectivity index (χ1n) is 8.80. The van der Waals surface area contributed by atoms with E-state index in [1.807, 2.05) is 24.3 Å². The third-order valence-electron chi connectivity index (χ3n) is 5.01. The molecule has 0 unspecified atom stereocenters. The van der Waals surface area contributed by atoms with Crippen molar-refractivity contribution in [3.05, 3.63) is 29.3 Å². The van der Waals surface area contributed by atoms with Crippen LogP contribution in [-0.2, 0) is 9.59 Å². The first-order chi connectivity index (χ1) is 12.0. The van der Waals surface area contributed by atoms with Crippen molar-refractivity contribution in [2.24, 2.45) is 0 Å². The van der Waals surface area contributed by atoms with Gasteiger partial charge in [-0.2, -0.15) is 0 Å². The van der Waals surface area contributed by atoms with Gasteiger partial charge in [0.1, 0.15) is 6.54 Å². The van der Waals surface area contributed by atoms with Gasteiger partial charge in [0.2, 0.25) is 5.91 Å². The van der Waals surface area contributed by atoms with E-state index in [4.69, 9.17) is 16.7 Å². The SMILES string of the molecule is O=C(O)CN1CCCC[C@H](N2CCN(c3cccc(Cl)c3)CC2)C1=O. The highest BCUT2D eigenvalue weighted by atomic mass is 35.5. The first kappa shape index (κ1) is 18.0. The largest absolute Gasteiger partial charge is 0.480 e. The standard InChI is InChI=1S/C18H24ClN3O3/c19-14-4-3-5-15(12-14)20-8-10-21(11-9-20)16-6-1-2-7-22(18(16)25)13-17(23)24/h3-5,12,16H,1-2,6-11,13H2,(H,23,24)/t16-/m0/s1. The second-order valence-corrected chi connectivity index (χ2v) is 7.10. The summed E-state index contributed by atoms with van der Waals surface area (Å²) in [5.41, 5.74) is 1.10. The van der Waals surface area contributed by atoms with Gasteiger partial charge in [0.25, 0.3) is 0 Å². The molecular formula is C18H24ClN3O3. The molecule has 0 saturated carbocycles. The molecule has 25 heavy (non-hydrogen) atoms. The normalized spacial score (nSPS) is 22.8. The molecule has 0 bridgehead atoms. The molecule has 2 aliphatic rings. The van der Waals surface area contributed by atoms with Gasteiger partial charge in [-0.05, 0) is 37.5 Å². The Morgan fingerprint density at radius 1 is 1.16 bits per heavy atom. The summed E-state index contributed by atoms with van der Waals surface area (Å²) in [6.07, 6.45) is 2.64. The predicted molar refractivity (Wildman–Crippen MR) is 97.1 cm³/mol. The van der Waals surface area contributed by atoms with Gasteiger partial charge in [-0.1, -0.05) is 17.7 Å². The van der Waals surface area contributed by atoms with E-state index in [0.29, 0.717) is 6.54 Å². The number of hydrogen-bond donors (Lipinski definition) is 1. The molecule has 2 fully saturated rings. The lowest BCUT2D eigenvalue weighted by Gasteiger charge is -2.40. The minimum Gasteiger partial charge on any atom is -0.480 e. The van der Waals surface area contributed by atoms with E-state index >= 15 is 0 Å². The number of aliphatic carboxylic acids is 1. The molecule has 0 aliphatic carbocycles. The molecule has 1 atom stereocenters. The average Bonchev–Trinajstić information content (AvgIpc) is 2.77. The number of hydrogen-bond acceptors (Lipinski definition) is 4. The van der Waals surface area contributed by atoms with Crippen molar-refractivity contribution in [2.75, 3.05) is 44.2 Å². The van der Waals surface area contributed by atoms with E-state index in [9.17, 15) is 9.59 Å². The molecule has 1 amide bonds. The van der Waals surface area contributed by atoms with E-state index in [1.165, 1.54) is 4.90 Å². The number of carboxylic acid groups (broad SMARTS) is 1. The predicted octanol–water partition coefficient (Wildman–Crippen LogP) is 1.93. The summed E-state index contributed by atoms with van der Waals surface area (Å²) in [6, 6.07) is 7.63. The third kappa shape index (κ3) is 4.44. The third-order valence-corrected chi connectivity index (χ3v) is 5.24. The number of carboxylic acids is 1. The Kier molecular flexibility index (Phi) is 5.81. The van der Waals surface area contributed by atoms with Crippen molar-refractivity contribution in [1.82, 2.24) is 9.80 Å². The molecule has 0 radical (unpaired) electrons. The highest BCUT2D eigenvalue weighted by Crippen LogP contribution is 2.23. The zero-order valence-electron chi connectivity index (χ0n) is 14.2. The van der Waals surface area contributed by atoms with Gasteiger partial charge >= 0.3 is 5.97 Å². The van der Waals surface area contributed by atoms with Gasteiger partial charge in [-0.15, -0.1) is 0 Å². The van der Waals surface area contributed by atoms with Crippen molar-refractivity contribution in [2.45, 2.75) is 25.3 Å². The van der Waals surface area contributed by atoms with Crippen molar-refractivity contribution < 1.29 is 14.7 Å². The van der Waals surface area contributed by atoms with Gasteiger partial charge in [0.05, 0.1) is 6.04 Å². The zero-order valence-corrected chi connectivity index (χ0v) is 15.0. The number of halogens is 1. The minimum atomic E-state index is -0.945. The Hall–Kier alpha value is -1.79. The van der Waals surface area contributed by atoms with Crippen LogP contribution in [0.3, 0.4) is 0 Å². The number of carbonyl (C=O) groups is 2. The van der Waals surface area contributed by atoms with Gasteiger partial charge in [0, 0.05) is 43.4 Å². The molecule has 1 aromatic carbocycles. The summed E-state index contributed by atoms with van der Waals surface area (Å²) in [4.78, 5) is 29.8. The summed E-state index contributed by atoms with van der Waals surface area (Å²) in [6.45, 7) is 3.61. The quantitative estimate of drug-likeness (QED) is 0.883. The highest BCUT2D eigenvalue weighted by molar-refractivity contribution is 6.30. The Morgan fingerprint density at radius 3 is 2.60 bits per heavy atom. The minimum absolute atomic E-state index is 0.0314. The smallest absolute Gasteiger partial charge is 0.323 e. The van der Waals surface area contributed by atoms with Crippen LogP contribution < -0.4 is 4.90 Å². The summed E-state index contributed by atoms with van der Waals surface area (Å²) in [5, 5.41) is 9.76. The number of piperazine rings is 1. The van der Waals surface area contributed by atoms with Crippen LogP contribution in [0.5, 0.6) is 0 Å². The summed E-state index contributed by atoms with van der Waals surface area (Å²) in [7, 11) is 0. The van der Waals surface area contributed by atoms with Crippen LogP contribution in [0.4, 0.5) is 5.69 Å². The number of anilines is 1. The van der Waals surface area contributed by atoms with E-state index in [1.54, 1.807) is 0 Å². The molecule has 2 aliphatic heterocycles. The Bertz CT molecular complexity index is 632. The summed E-state index contributed by atoms with van der Waals surface area (Å²) < 4.78 is 0. The maximum atomic E-state index is 12.8. The molecule has 2 heterocycles. The summed E-state index contributed by atoms with van der Waals surface area (Å²) in [5.74, 6) is -0.976. The Balaban J connectivity index is 1.63. The molecule has 1 N–H and O–H groups in total. The lowest BCUT2D eigenvalue weighted by atomic mass is 10.1. The van der Waals surface area contributed by atoms with Gasteiger partial charge in [-0.25, -0.2) is 0 Å². The summed E-state index contributed by atoms with van der Waals surface area (Å²) >= 11 is 6.07. The van der Waals surface area contributed by atoms with Crippen molar-refractivity contribution in [1.29, 1.82) is 0 Å². The number of nitrogens with zero attached hydrogens (tertiary/aromatic N) is 3. The van der Waals surface area contributed by atoms with Gasteiger partial charge < -0.3 is 14.9 Å². The van der Waals surface area contributed by atoms with E-state index in [0.717, 1.165) is 56.2 Å². The maximum Gasteiger partial charge on any atom is 0.323 e. The molecule has 7 heteroatoms. The van der Waals surface area contributed by atoms with Gasteiger partial charge in [-0.3, -0.25) is 14.5 Å². The second kappa shape index (κ2) is 8.06. The van der Waals surface area contributed by atoms with Crippen molar-refractivity contribution in [3.8, 4) is 0 Å².